The quantitative estimate of drug-likeness (QED) is 0.590. The van der Waals surface area contributed by atoms with E-state index in [-0.39, 0.29) is 0 Å². The normalized spacial score (nSPS) is 11.2. The van der Waals surface area contributed by atoms with Crippen LogP contribution >= 0.6 is 0 Å². The average Bonchev–Trinajstić information content (AvgIpc) is 2.04. The monoisotopic (exact) mass is 172 g/mol. The smallest absolute Gasteiger partial charge is 0.0254 e. The van der Waals surface area contributed by atoms with Crippen LogP contribution in [0.4, 0.5) is 0 Å². The number of hydrogen-bond acceptors (Lipinski definition) is 0. The highest BCUT2D eigenvalue weighted by Crippen LogP contribution is 2.08. The zero-order valence-electron chi connectivity index (χ0n) is 8.54. The van der Waals surface area contributed by atoms with E-state index in [9.17, 15) is 0 Å². The lowest BCUT2D eigenvalue weighted by atomic mass is 10.1. The van der Waals surface area contributed by atoms with Gasteiger partial charge in [-0.25, -0.2) is 0 Å². The largest absolute Gasteiger partial charge is 0.0762 e. The van der Waals surface area contributed by atoms with Gasteiger partial charge >= 0.3 is 0 Å². The van der Waals surface area contributed by atoms with Crippen molar-refractivity contribution in [2.24, 2.45) is 0 Å². The third-order valence-corrected chi connectivity index (χ3v) is 1.71. The Morgan fingerprint density at radius 1 is 1.00 bits per heavy atom. The third kappa shape index (κ3) is 3.75. The highest BCUT2D eigenvalue weighted by atomic mass is 13.9. The van der Waals surface area contributed by atoms with Crippen molar-refractivity contribution in [2.45, 2.75) is 20.8 Å². The standard InChI is InChI=1S/C13H16/c1-11(2)9-12(3)10-13-7-5-4-6-8-13/h4-10H,1-3H3/b12-10+. The van der Waals surface area contributed by atoms with Crippen molar-refractivity contribution in [1.29, 1.82) is 0 Å². The molecule has 0 saturated heterocycles. The van der Waals surface area contributed by atoms with E-state index in [1.165, 1.54) is 16.7 Å². The maximum absolute atomic E-state index is 2.19. The summed E-state index contributed by atoms with van der Waals surface area (Å²) < 4.78 is 0. The topological polar surface area (TPSA) is 0 Å². The van der Waals surface area contributed by atoms with E-state index in [1.807, 2.05) is 6.07 Å². The van der Waals surface area contributed by atoms with Crippen LogP contribution in [0.25, 0.3) is 6.08 Å². The van der Waals surface area contributed by atoms with Gasteiger partial charge in [0.1, 0.15) is 0 Å². The molecule has 0 amide bonds. The SMILES string of the molecule is CC(C)=C/C(C)=C/c1ccccc1. The fraction of sp³-hybridized carbons (Fsp3) is 0.231. The molecule has 0 unspecified atom stereocenters. The number of benzene rings is 1. The van der Waals surface area contributed by atoms with Crippen molar-refractivity contribution >= 4 is 6.08 Å². The molecule has 0 nitrogen and oxygen atoms in total. The van der Waals surface area contributed by atoms with Crippen molar-refractivity contribution in [3.05, 3.63) is 53.1 Å². The van der Waals surface area contributed by atoms with Crippen LogP contribution in [0.3, 0.4) is 0 Å². The highest BCUT2D eigenvalue weighted by Gasteiger charge is 1.86. The van der Waals surface area contributed by atoms with E-state index in [0.29, 0.717) is 0 Å². The first-order chi connectivity index (χ1) is 6.18. The van der Waals surface area contributed by atoms with E-state index < -0.39 is 0 Å². The summed E-state index contributed by atoms with van der Waals surface area (Å²) in [6.45, 7) is 6.35. The first kappa shape index (κ1) is 9.79. The number of allylic oxidation sites excluding steroid dienone is 3. The Bertz CT molecular complexity index is 311. The van der Waals surface area contributed by atoms with E-state index >= 15 is 0 Å². The molecule has 0 spiro atoms. The summed E-state index contributed by atoms with van der Waals surface area (Å²) in [5.74, 6) is 0. The van der Waals surface area contributed by atoms with Gasteiger partial charge in [0.05, 0.1) is 0 Å². The molecule has 1 aromatic carbocycles. The molecule has 1 rings (SSSR count). The van der Waals surface area contributed by atoms with E-state index in [0.717, 1.165) is 0 Å². The minimum Gasteiger partial charge on any atom is -0.0762 e. The molecule has 0 aliphatic rings. The lowest BCUT2D eigenvalue weighted by Crippen LogP contribution is -1.74. The van der Waals surface area contributed by atoms with Crippen molar-refractivity contribution in [1.82, 2.24) is 0 Å². The van der Waals surface area contributed by atoms with E-state index in [2.05, 4.69) is 57.2 Å². The summed E-state index contributed by atoms with van der Waals surface area (Å²) in [6, 6.07) is 10.4. The molecule has 0 aliphatic carbocycles. The molecule has 0 aliphatic heterocycles. The van der Waals surface area contributed by atoms with Crippen molar-refractivity contribution in [3.8, 4) is 0 Å². The molecule has 0 saturated carbocycles. The molecule has 0 radical (unpaired) electrons. The molecule has 0 fully saturated rings. The number of hydrogen-bond donors (Lipinski definition) is 0. The molecule has 0 bridgehead atoms. The van der Waals surface area contributed by atoms with Crippen molar-refractivity contribution in [2.75, 3.05) is 0 Å². The zero-order chi connectivity index (χ0) is 9.68. The molecule has 0 heteroatoms. The van der Waals surface area contributed by atoms with Gasteiger partial charge in [-0.15, -0.1) is 0 Å². The Balaban J connectivity index is 2.83. The summed E-state index contributed by atoms with van der Waals surface area (Å²) in [4.78, 5) is 0. The second-order valence-electron chi connectivity index (χ2n) is 3.52. The van der Waals surface area contributed by atoms with Crippen molar-refractivity contribution in [3.63, 3.8) is 0 Å². The first-order valence-electron chi connectivity index (χ1n) is 4.57. The summed E-state index contributed by atoms with van der Waals surface area (Å²) in [5.41, 5.74) is 3.90. The third-order valence-electron chi connectivity index (χ3n) is 1.71. The second-order valence-corrected chi connectivity index (χ2v) is 3.52. The Labute approximate surface area is 80.6 Å². The first-order valence-corrected chi connectivity index (χ1v) is 4.57. The molecule has 0 heterocycles. The van der Waals surface area contributed by atoms with Crippen LogP contribution in [0.5, 0.6) is 0 Å². The zero-order valence-corrected chi connectivity index (χ0v) is 8.54. The highest BCUT2D eigenvalue weighted by molar-refractivity contribution is 5.55. The fourth-order valence-corrected chi connectivity index (χ4v) is 1.31. The second kappa shape index (κ2) is 4.66. The van der Waals surface area contributed by atoms with Gasteiger partial charge in [0, 0.05) is 0 Å². The van der Waals surface area contributed by atoms with Gasteiger partial charge < -0.3 is 0 Å². The molecule has 68 valence electrons. The lowest BCUT2D eigenvalue weighted by Gasteiger charge is -1.95. The van der Waals surface area contributed by atoms with Crippen LogP contribution < -0.4 is 0 Å². The van der Waals surface area contributed by atoms with Gasteiger partial charge in [0.2, 0.25) is 0 Å². The van der Waals surface area contributed by atoms with Crippen LogP contribution in [0, 0.1) is 0 Å². The average molecular weight is 172 g/mol. The summed E-state index contributed by atoms with van der Waals surface area (Å²) in [5, 5.41) is 0. The molecule has 0 atom stereocenters. The maximum Gasteiger partial charge on any atom is -0.0254 e. The minimum absolute atomic E-state index is 1.26. The molecule has 13 heavy (non-hydrogen) atoms. The van der Waals surface area contributed by atoms with Gasteiger partial charge in [0.25, 0.3) is 0 Å². The van der Waals surface area contributed by atoms with Gasteiger partial charge in [-0.3, -0.25) is 0 Å². The van der Waals surface area contributed by atoms with Gasteiger partial charge in [0.15, 0.2) is 0 Å². The molecule has 0 N–H and O–H groups in total. The Hall–Kier alpha value is -1.30. The summed E-state index contributed by atoms with van der Waals surface area (Å²) in [6.07, 6.45) is 4.38. The van der Waals surface area contributed by atoms with Crippen molar-refractivity contribution < 1.29 is 0 Å². The Morgan fingerprint density at radius 3 is 2.15 bits per heavy atom. The van der Waals surface area contributed by atoms with Gasteiger partial charge in [-0.2, -0.15) is 0 Å². The predicted octanol–water partition coefficient (Wildman–Crippen LogP) is 4.06. The van der Waals surface area contributed by atoms with Crippen LogP contribution in [0.2, 0.25) is 0 Å². The van der Waals surface area contributed by atoms with Crippen LogP contribution in [-0.4, -0.2) is 0 Å². The van der Waals surface area contributed by atoms with Crippen LogP contribution in [0.1, 0.15) is 26.3 Å². The molecule has 1 aromatic rings. The maximum atomic E-state index is 2.19. The van der Waals surface area contributed by atoms with E-state index in [4.69, 9.17) is 0 Å². The molecular formula is C13H16. The predicted molar refractivity (Wildman–Crippen MR) is 59.5 cm³/mol. The fourth-order valence-electron chi connectivity index (χ4n) is 1.31. The summed E-state index contributed by atoms with van der Waals surface area (Å²) >= 11 is 0. The van der Waals surface area contributed by atoms with Crippen LogP contribution in [0.15, 0.2) is 47.6 Å². The minimum atomic E-state index is 1.26. The lowest BCUT2D eigenvalue weighted by molar-refractivity contribution is 1.36. The van der Waals surface area contributed by atoms with Gasteiger partial charge in [-0.1, -0.05) is 53.6 Å². The Morgan fingerprint density at radius 2 is 1.62 bits per heavy atom. The molecule has 0 aromatic heterocycles. The van der Waals surface area contributed by atoms with Crippen LogP contribution in [-0.2, 0) is 0 Å². The Kier molecular flexibility index (Phi) is 3.51. The van der Waals surface area contributed by atoms with E-state index in [1.54, 1.807) is 0 Å². The molecular weight excluding hydrogens is 156 g/mol. The van der Waals surface area contributed by atoms with Gasteiger partial charge in [-0.05, 0) is 26.3 Å². The number of rotatable bonds is 2. The summed E-state index contributed by atoms with van der Waals surface area (Å²) in [7, 11) is 0.